The van der Waals surface area contributed by atoms with Crippen LogP contribution in [0, 0.1) is 0 Å². The van der Waals surface area contributed by atoms with Gasteiger partial charge in [0.15, 0.2) is 0 Å². The van der Waals surface area contributed by atoms with E-state index in [1.165, 1.54) is 28.1 Å². The molecule has 0 radical (unpaired) electrons. The Labute approximate surface area is 221 Å². The lowest BCUT2D eigenvalue weighted by Crippen LogP contribution is -2.36. The molecule has 2 aromatic carbocycles. The maximum Gasteiger partial charge on any atom is 0.573 e. The molecule has 9 nitrogen and oxygen atoms in total. The van der Waals surface area contributed by atoms with Crippen molar-refractivity contribution in [2.75, 3.05) is 24.0 Å². The molecule has 39 heavy (non-hydrogen) atoms. The van der Waals surface area contributed by atoms with Crippen LogP contribution in [-0.2, 0) is 11.3 Å². The first kappa shape index (κ1) is 26.0. The molecule has 2 fully saturated rings. The van der Waals surface area contributed by atoms with Gasteiger partial charge in [0.05, 0.1) is 12.8 Å². The minimum Gasteiger partial charge on any atom is -0.497 e. The molecule has 1 aromatic heterocycles. The van der Waals surface area contributed by atoms with E-state index in [9.17, 15) is 27.6 Å². The molecule has 5 rings (SSSR count). The molecule has 1 aliphatic carbocycles. The van der Waals surface area contributed by atoms with Gasteiger partial charge in [-0.2, -0.15) is 0 Å². The normalized spacial score (nSPS) is 16.0. The Morgan fingerprint density at radius 1 is 1.03 bits per heavy atom. The van der Waals surface area contributed by atoms with Gasteiger partial charge in [-0.05, 0) is 79.1 Å². The first-order valence-electron chi connectivity index (χ1n) is 11.9. The third-order valence-electron chi connectivity index (χ3n) is 6.74. The number of benzene rings is 2. The van der Waals surface area contributed by atoms with Crippen LogP contribution in [0.25, 0.3) is 0 Å². The average Bonchev–Trinajstić information content (AvgIpc) is 3.70. The van der Waals surface area contributed by atoms with Crippen LogP contribution in [0.3, 0.4) is 0 Å². The van der Waals surface area contributed by atoms with Gasteiger partial charge in [0.2, 0.25) is 0 Å². The quantitative estimate of drug-likeness (QED) is 0.401. The van der Waals surface area contributed by atoms with Gasteiger partial charge in [-0.3, -0.25) is 14.6 Å². The van der Waals surface area contributed by atoms with Crippen LogP contribution >= 0.6 is 0 Å². The van der Waals surface area contributed by atoms with Crippen LogP contribution in [0.15, 0.2) is 66.9 Å². The van der Waals surface area contributed by atoms with E-state index in [0.717, 1.165) is 17.0 Å². The van der Waals surface area contributed by atoms with Gasteiger partial charge in [0.25, 0.3) is 11.8 Å². The lowest BCUT2D eigenvalue weighted by Gasteiger charge is -2.22. The van der Waals surface area contributed by atoms with E-state index in [0.29, 0.717) is 29.8 Å². The Balaban J connectivity index is 1.34. The number of hydrogen-bond donors (Lipinski definition) is 0. The van der Waals surface area contributed by atoms with Gasteiger partial charge in [-0.25, -0.2) is 9.69 Å². The number of aromatic nitrogens is 1. The van der Waals surface area contributed by atoms with Crippen LogP contribution in [-0.4, -0.2) is 53.8 Å². The third-order valence-corrected chi connectivity index (χ3v) is 6.74. The third kappa shape index (κ3) is 4.97. The number of hydrogen-bond acceptors (Lipinski definition) is 6. The molecule has 1 aliphatic heterocycles. The molecule has 1 saturated carbocycles. The fourth-order valence-corrected chi connectivity index (χ4v) is 4.53. The summed E-state index contributed by atoms with van der Waals surface area (Å²) in [6.07, 6.45) is -2.48. The fourth-order valence-electron chi connectivity index (χ4n) is 4.53. The molecule has 12 heteroatoms. The molecule has 0 N–H and O–H groups in total. The van der Waals surface area contributed by atoms with Gasteiger partial charge in [-0.1, -0.05) is 0 Å². The number of pyridine rings is 1. The topological polar surface area (TPSA) is 92.3 Å². The van der Waals surface area contributed by atoms with Crippen LogP contribution < -0.4 is 19.3 Å². The predicted molar refractivity (Wildman–Crippen MR) is 133 cm³/mol. The zero-order valence-corrected chi connectivity index (χ0v) is 20.9. The summed E-state index contributed by atoms with van der Waals surface area (Å²) in [6.45, 7) is 0.0470. The maximum atomic E-state index is 13.4. The molecule has 4 amide bonds. The van der Waals surface area contributed by atoms with E-state index in [-0.39, 0.29) is 23.8 Å². The van der Waals surface area contributed by atoms with Gasteiger partial charge in [0.1, 0.15) is 22.7 Å². The zero-order valence-electron chi connectivity index (χ0n) is 20.9. The van der Waals surface area contributed by atoms with Crippen molar-refractivity contribution in [3.05, 3.63) is 78.1 Å². The molecule has 0 atom stereocenters. The molecule has 0 unspecified atom stereocenters. The van der Waals surface area contributed by atoms with Crippen molar-refractivity contribution in [2.45, 2.75) is 31.3 Å². The summed E-state index contributed by atoms with van der Waals surface area (Å²) in [6, 6.07) is 14.1. The lowest BCUT2D eigenvalue weighted by atomic mass is 10.1. The van der Waals surface area contributed by atoms with Crippen molar-refractivity contribution in [3.8, 4) is 11.5 Å². The van der Waals surface area contributed by atoms with Gasteiger partial charge < -0.3 is 19.3 Å². The van der Waals surface area contributed by atoms with Crippen LogP contribution in [0.5, 0.6) is 11.5 Å². The van der Waals surface area contributed by atoms with E-state index in [4.69, 9.17) is 4.74 Å². The standard InChI is InChI=1S/C27H23F3N4O5/c1-32(18-3-7-20(38-2)8-4-18)23(35)22-15-17(11-14-31-22)16-33-25(37)34(24(36)26(33)12-13-26)19-5-9-21(10-6-19)39-27(28,29)30/h3-11,14-15H,12-13,16H2,1-2H3. The smallest absolute Gasteiger partial charge is 0.497 e. The summed E-state index contributed by atoms with van der Waals surface area (Å²) >= 11 is 0. The highest BCUT2D eigenvalue weighted by atomic mass is 19.4. The Bertz CT molecular complexity index is 1420. The molecule has 1 spiro atoms. The van der Waals surface area contributed by atoms with Crippen LogP contribution in [0.2, 0.25) is 0 Å². The average molecular weight is 540 g/mol. The van der Waals surface area contributed by atoms with Crippen molar-refractivity contribution in [3.63, 3.8) is 0 Å². The Hall–Kier alpha value is -4.61. The summed E-state index contributed by atoms with van der Waals surface area (Å²) < 4.78 is 46.5. The lowest BCUT2D eigenvalue weighted by molar-refractivity contribution is -0.274. The number of imide groups is 1. The molecule has 0 bridgehead atoms. The van der Waals surface area contributed by atoms with Gasteiger partial charge in [0, 0.05) is 25.5 Å². The first-order valence-corrected chi connectivity index (χ1v) is 11.9. The number of methoxy groups -OCH3 is 1. The van der Waals surface area contributed by atoms with E-state index in [1.54, 1.807) is 50.6 Å². The number of halogens is 3. The number of anilines is 2. The number of urea groups is 1. The number of nitrogens with zero attached hydrogens (tertiary/aromatic N) is 4. The number of ether oxygens (including phenoxy) is 2. The minimum absolute atomic E-state index is 0.0470. The van der Waals surface area contributed by atoms with E-state index < -0.39 is 29.6 Å². The van der Waals surface area contributed by atoms with E-state index in [1.807, 2.05) is 0 Å². The number of carbonyl (C=O) groups is 3. The maximum absolute atomic E-state index is 13.4. The van der Waals surface area contributed by atoms with Crippen molar-refractivity contribution >= 4 is 29.2 Å². The minimum atomic E-state index is -4.86. The van der Waals surface area contributed by atoms with E-state index >= 15 is 0 Å². The second-order valence-electron chi connectivity index (χ2n) is 9.19. The second kappa shape index (κ2) is 9.61. The fraction of sp³-hybridized carbons (Fsp3) is 0.259. The monoisotopic (exact) mass is 540 g/mol. The van der Waals surface area contributed by atoms with Gasteiger partial charge in [-0.15, -0.1) is 13.2 Å². The first-order chi connectivity index (χ1) is 18.5. The molecular weight excluding hydrogens is 517 g/mol. The highest BCUT2D eigenvalue weighted by Gasteiger charge is 2.65. The Kier molecular flexibility index (Phi) is 6.41. The number of alkyl halides is 3. The summed E-state index contributed by atoms with van der Waals surface area (Å²) in [5.41, 5.74) is 0.504. The molecule has 1 saturated heterocycles. The van der Waals surface area contributed by atoms with Crippen molar-refractivity contribution in [1.82, 2.24) is 9.88 Å². The highest BCUT2D eigenvalue weighted by Crippen LogP contribution is 2.49. The number of carbonyl (C=O) groups excluding carboxylic acids is 3. The second-order valence-corrected chi connectivity index (χ2v) is 9.19. The Morgan fingerprint density at radius 2 is 1.67 bits per heavy atom. The molecule has 2 heterocycles. The molecule has 202 valence electrons. The SMILES string of the molecule is COc1ccc(N(C)C(=O)c2cc(CN3C(=O)N(c4ccc(OC(F)(F)F)cc4)C(=O)C34CC4)ccn2)cc1. The highest BCUT2D eigenvalue weighted by molar-refractivity contribution is 6.24. The largest absolute Gasteiger partial charge is 0.573 e. The predicted octanol–water partition coefficient (Wildman–Crippen LogP) is 4.77. The van der Waals surface area contributed by atoms with Crippen LogP contribution in [0.4, 0.5) is 29.3 Å². The van der Waals surface area contributed by atoms with E-state index in [2.05, 4.69) is 9.72 Å². The number of amides is 4. The van der Waals surface area contributed by atoms with Crippen molar-refractivity contribution in [2.24, 2.45) is 0 Å². The zero-order chi connectivity index (χ0) is 27.9. The molecule has 3 aromatic rings. The van der Waals surface area contributed by atoms with Crippen molar-refractivity contribution in [1.29, 1.82) is 0 Å². The van der Waals surface area contributed by atoms with Crippen molar-refractivity contribution < 1.29 is 37.0 Å². The Morgan fingerprint density at radius 3 is 2.26 bits per heavy atom. The summed E-state index contributed by atoms with van der Waals surface area (Å²) in [5.74, 6) is -0.619. The number of rotatable bonds is 7. The van der Waals surface area contributed by atoms with Gasteiger partial charge >= 0.3 is 12.4 Å². The molecule has 2 aliphatic rings. The summed E-state index contributed by atoms with van der Waals surface area (Å²) in [5, 5.41) is 0. The molecular formula is C27H23F3N4O5. The summed E-state index contributed by atoms with van der Waals surface area (Å²) in [7, 11) is 3.16. The van der Waals surface area contributed by atoms with Crippen LogP contribution in [0.1, 0.15) is 28.9 Å². The summed E-state index contributed by atoms with van der Waals surface area (Å²) in [4.78, 5) is 47.8.